The molecule has 0 aliphatic carbocycles. The topological polar surface area (TPSA) is 76.0 Å². The molecule has 0 radical (unpaired) electrons. The van der Waals surface area contributed by atoms with Crippen LogP contribution in [-0.2, 0) is 18.0 Å². The summed E-state index contributed by atoms with van der Waals surface area (Å²) in [6.45, 7) is 3.38. The Hall–Kier alpha value is -3.29. The molecule has 1 unspecified atom stereocenters. The largest absolute Gasteiger partial charge is 0.496 e. The minimum Gasteiger partial charge on any atom is -0.496 e. The summed E-state index contributed by atoms with van der Waals surface area (Å²) in [4.78, 5) is 15.1. The Morgan fingerprint density at radius 2 is 1.91 bits per heavy atom. The molecule has 2 N–H and O–H groups in total. The first kappa shape index (κ1) is 22.9. The third-order valence-electron chi connectivity index (χ3n) is 5.81. The number of hydrogen-bond donors (Lipinski definition) is 2. The standard InChI is InChI=1S/C26H31N3O4/c1-31-25-12-3-2-11-23(25)24(29-13-4-5-14-29)17-27-26(30)28-21-9-6-8-20(16-21)18-32-19-22-10-7-15-33-22/h2-3,6-12,15-16,24H,4-5,13-14,17-19H2,1H3,(H2,27,28,30). The van der Waals surface area contributed by atoms with Gasteiger partial charge in [0.25, 0.3) is 0 Å². The number of carbonyl (C=O) groups excluding carboxylic acids is 1. The van der Waals surface area contributed by atoms with Crippen molar-refractivity contribution in [1.29, 1.82) is 0 Å². The van der Waals surface area contributed by atoms with Crippen LogP contribution in [0.5, 0.6) is 5.75 Å². The van der Waals surface area contributed by atoms with E-state index in [0.717, 1.165) is 41.4 Å². The average molecular weight is 450 g/mol. The molecule has 7 heteroatoms. The smallest absolute Gasteiger partial charge is 0.319 e. The van der Waals surface area contributed by atoms with Gasteiger partial charge in [0.15, 0.2) is 0 Å². The number of likely N-dealkylation sites (tertiary alicyclic amines) is 1. The Balaban J connectivity index is 1.33. The highest BCUT2D eigenvalue weighted by molar-refractivity contribution is 5.89. The lowest BCUT2D eigenvalue weighted by molar-refractivity contribution is 0.0930. The summed E-state index contributed by atoms with van der Waals surface area (Å²) in [7, 11) is 1.69. The number of amides is 2. The molecule has 1 aliphatic heterocycles. The molecule has 2 heterocycles. The summed E-state index contributed by atoms with van der Waals surface area (Å²) >= 11 is 0. The van der Waals surface area contributed by atoms with Crippen molar-refractivity contribution in [1.82, 2.24) is 10.2 Å². The number of furan rings is 1. The molecule has 2 aromatic carbocycles. The molecule has 2 amide bonds. The van der Waals surface area contributed by atoms with Crippen LogP contribution in [0.3, 0.4) is 0 Å². The van der Waals surface area contributed by atoms with Crippen LogP contribution in [-0.4, -0.2) is 37.7 Å². The maximum Gasteiger partial charge on any atom is 0.319 e. The van der Waals surface area contributed by atoms with E-state index in [9.17, 15) is 4.79 Å². The van der Waals surface area contributed by atoms with Gasteiger partial charge >= 0.3 is 6.03 Å². The van der Waals surface area contributed by atoms with E-state index >= 15 is 0 Å². The molecule has 1 aliphatic rings. The highest BCUT2D eigenvalue weighted by atomic mass is 16.5. The van der Waals surface area contributed by atoms with Gasteiger partial charge in [-0.3, -0.25) is 4.90 Å². The summed E-state index contributed by atoms with van der Waals surface area (Å²) in [5.41, 5.74) is 2.79. The van der Waals surface area contributed by atoms with Crippen molar-refractivity contribution in [3.63, 3.8) is 0 Å². The van der Waals surface area contributed by atoms with Gasteiger partial charge in [0.1, 0.15) is 18.1 Å². The monoisotopic (exact) mass is 449 g/mol. The number of nitrogens with zero attached hydrogens (tertiary/aromatic N) is 1. The second kappa shape index (κ2) is 11.5. The summed E-state index contributed by atoms with van der Waals surface area (Å²) in [5.74, 6) is 1.63. The van der Waals surface area contributed by atoms with Crippen LogP contribution in [0.15, 0.2) is 71.3 Å². The van der Waals surface area contributed by atoms with E-state index in [0.29, 0.717) is 19.8 Å². The predicted octanol–water partition coefficient (Wildman–Crippen LogP) is 4.96. The third kappa shape index (κ3) is 6.37. The minimum atomic E-state index is -0.234. The van der Waals surface area contributed by atoms with Crippen molar-refractivity contribution in [2.24, 2.45) is 0 Å². The summed E-state index contributed by atoms with van der Waals surface area (Å²) in [6.07, 6.45) is 3.98. The first-order valence-electron chi connectivity index (χ1n) is 11.3. The number of hydrogen-bond acceptors (Lipinski definition) is 5. The lowest BCUT2D eigenvalue weighted by atomic mass is 10.0. The second-order valence-corrected chi connectivity index (χ2v) is 8.11. The first-order chi connectivity index (χ1) is 16.2. The summed E-state index contributed by atoms with van der Waals surface area (Å²) in [5, 5.41) is 5.99. The number of carbonyl (C=O) groups is 1. The number of anilines is 1. The molecule has 1 aromatic heterocycles. The summed E-state index contributed by atoms with van der Waals surface area (Å²) < 4.78 is 16.6. The van der Waals surface area contributed by atoms with Crippen LogP contribution in [0.4, 0.5) is 10.5 Å². The number of para-hydroxylation sites is 1. The van der Waals surface area contributed by atoms with Gasteiger partial charge < -0.3 is 24.5 Å². The van der Waals surface area contributed by atoms with E-state index < -0.39 is 0 Å². The van der Waals surface area contributed by atoms with Crippen LogP contribution in [0.2, 0.25) is 0 Å². The van der Waals surface area contributed by atoms with Gasteiger partial charge in [-0.05, 0) is 61.8 Å². The Morgan fingerprint density at radius 1 is 1.06 bits per heavy atom. The SMILES string of the molecule is COc1ccccc1C(CNC(=O)Nc1cccc(COCc2ccco2)c1)N1CCCC1. The molecule has 0 saturated carbocycles. The van der Waals surface area contributed by atoms with Crippen molar-refractivity contribution in [2.45, 2.75) is 32.1 Å². The van der Waals surface area contributed by atoms with Crippen molar-refractivity contribution in [2.75, 3.05) is 32.1 Å². The first-order valence-corrected chi connectivity index (χ1v) is 11.3. The van der Waals surface area contributed by atoms with Crippen molar-refractivity contribution >= 4 is 11.7 Å². The zero-order chi connectivity index (χ0) is 22.9. The fraction of sp³-hybridized carbons (Fsp3) is 0.346. The van der Waals surface area contributed by atoms with Gasteiger partial charge in [0.2, 0.25) is 0 Å². The minimum absolute atomic E-state index is 0.0655. The van der Waals surface area contributed by atoms with Gasteiger partial charge in [0.05, 0.1) is 26.0 Å². The molecule has 3 aromatic rings. The van der Waals surface area contributed by atoms with Crippen LogP contribution in [0.25, 0.3) is 0 Å². The van der Waals surface area contributed by atoms with Crippen LogP contribution < -0.4 is 15.4 Å². The summed E-state index contributed by atoms with van der Waals surface area (Å²) in [6, 6.07) is 19.2. The predicted molar refractivity (Wildman–Crippen MR) is 127 cm³/mol. The van der Waals surface area contributed by atoms with E-state index in [-0.39, 0.29) is 12.1 Å². The Kier molecular flexibility index (Phi) is 8.00. The normalized spacial score (nSPS) is 14.7. The molecule has 1 fully saturated rings. The molecule has 1 atom stereocenters. The molecule has 7 nitrogen and oxygen atoms in total. The van der Waals surface area contributed by atoms with E-state index in [1.807, 2.05) is 54.6 Å². The number of urea groups is 1. The fourth-order valence-corrected chi connectivity index (χ4v) is 4.20. The number of ether oxygens (including phenoxy) is 2. The van der Waals surface area contributed by atoms with Crippen molar-refractivity contribution < 1.29 is 18.7 Å². The van der Waals surface area contributed by atoms with Crippen LogP contribution in [0.1, 0.15) is 35.8 Å². The van der Waals surface area contributed by atoms with Gasteiger partial charge in [-0.25, -0.2) is 4.79 Å². The fourth-order valence-electron chi connectivity index (χ4n) is 4.20. The highest BCUT2D eigenvalue weighted by Crippen LogP contribution is 2.31. The Labute approximate surface area is 194 Å². The van der Waals surface area contributed by atoms with Crippen LogP contribution in [0, 0.1) is 0 Å². The Bertz CT molecular complexity index is 1020. The lowest BCUT2D eigenvalue weighted by Gasteiger charge is -2.29. The van der Waals surface area contributed by atoms with E-state index in [1.165, 1.54) is 12.8 Å². The number of rotatable bonds is 10. The molecular weight excluding hydrogens is 418 g/mol. The zero-order valence-electron chi connectivity index (χ0n) is 19.0. The van der Waals surface area contributed by atoms with Gasteiger partial charge in [-0.2, -0.15) is 0 Å². The van der Waals surface area contributed by atoms with Crippen molar-refractivity contribution in [3.05, 3.63) is 83.8 Å². The van der Waals surface area contributed by atoms with Gasteiger partial charge in [-0.1, -0.05) is 30.3 Å². The molecule has 4 rings (SSSR count). The molecule has 1 saturated heterocycles. The molecule has 33 heavy (non-hydrogen) atoms. The highest BCUT2D eigenvalue weighted by Gasteiger charge is 2.26. The maximum atomic E-state index is 12.7. The maximum absolute atomic E-state index is 12.7. The van der Waals surface area contributed by atoms with Gasteiger partial charge in [0, 0.05) is 17.8 Å². The van der Waals surface area contributed by atoms with E-state index in [4.69, 9.17) is 13.9 Å². The number of methoxy groups -OCH3 is 1. The molecule has 174 valence electrons. The molecular formula is C26H31N3O4. The molecule has 0 spiro atoms. The van der Waals surface area contributed by atoms with E-state index in [2.05, 4.69) is 21.6 Å². The lowest BCUT2D eigenvalue weighted by Crippen LogP contribution is -2.38. The van der Waals surface area contributed by atoms with Crippen LogP contribution >= 0.6 is 0 Å². The third-order valence-corrected chi connectivity index (χ3v) is 5.81. The van der Waals surface area contributed by atoms with Crippen molar-refractivity contribution in [3.8, 4) is 5.75 Å². The molecule has 0 bridgehead atoms. The average Bonchev–Trinajstić information content (AvgIpc) is 3.55. The quantitative estimate of drug-likeness (QED) is 0.457. The second-order valence-electron chi connectivity index (χ2n) is 8.11. The zero-order valence-corrected chi connectivity index (χ0v) is 19.0. The Morgan fingerprint density at radius 3 is 2.70 bits per heavy atom. The van der Waals surface area contributed by atoms with E-state index in [1.54, 1.807) is 13.4 Å². The number of nitrogens with one attached hydrogen (secondary N) is 2. The number of benzene rings is 2. The van der Waals surface area contributed by atoms with Gasteiger partial charge in [-0.15, -0.1) is 0 Å².